The van der Waals surface area contributed by atoms with Crippen LogP contribution in [0.1, 0.15) is 31.3 Å². The van der Waals surface area contributed by atoms with Crippen molar-refractivity contribution in [3.05, 3.63) is 48.0 Å². The second kappa shape index (κ2) is 6.84. The van der Waals surface area contributed by atoms with Crippen molar-refractivity contribution in [1.29, 1.82) is 0 Å². The SMILES string of the molecule is CCNCc1ccccc1S(=O)(=O)NC(C)c1ncc[nH]1. The van der Waals surface area contributed by atoms with Crippen LogP contribution in [0, 0.1) is 0 Å². The highest BCUT2D eigenvalue weighted by Crippen LogP contribution is 2.18. The molecule has 2 aromatic rings. The van der Waals surface area contributed by atoms with Crippen LogP contribution in [0.5, 0.6) is 0 Å². The molecule has 3 N–H and O–H groups in total. The summed E-state index contributed by atoms with van der Waals surface area (Å²) in [6, 6.07) is 6.57. The van der Waals surface area contributed by atoms with Crippen LogP contribution in [0.3, 0.4) is 0 Å². The van der Waals surface area contributed by atoms with E-state index >= 15 is 0 Å². The Hall–Kier alpha value is -1.70. The monoisotopic (exact) mass is 308 g/mol. The number of aromatic amines is 1. The molecular formula is C14H20N4O2S. The third-order valence-electron chi connectivity index (χ3n) is 3.09. The summed E-state index contributed by atoms with van der Waals surface area (Å²) < 4.78 is 27.7. The molecular weight excluding hydrogens is 288 g/mol. The van der Waals surface area contributed by atoms with Crippen LogP contribution in [0.15, 0.2) is 41.6 Å². The van der Waals surface area contributed by atoms with Gasteiger partial charge in [-0.15, -0.1) is 0 Å². The molecule has 0 aliphatic heterocycles. The lowest BCUT2D eigenvalue weighted by Gasteiger charge is -2.15. The number of imidazole rings is 1. The molecule has 0 fully saturated rings. The van der Waals surface area contributed by atoms with E-state index in [1.165, 1.54) is 0 Å². The van der Waals surface area contributed by atoms with Crippen molar-refractivity contribution in [1.82, 2.24) is 20.0 Å². The Kier molecular flexibility index (Phi) is 5.11. The van der Waals surface area contributed by atoms with Gasteiger partial charge < -0.3 is 10.3 Å². The van der Waals surface area contributed by atoms with Crippen molar-refractivity contribution in [2.24, 2.45) is 0 Å². The zero-order valence-corrected chi connectivity index (χ0v) is 12.9. The first kappa shape index (κ1) is 15.7. The average molecular weight is 308 g/mol. The van der Waals surface area contributed by atoms with E-state index in [4.69, 9.17) is 0 Å². The van der Waals surface area contributed by atoms with Crippen molar-refractivity contribution in [2.45, 2.75) is 31.3 Å². The molecule has 2 rings (SSSR count). The fraction of sp³-hybridized carbons (Fsp3) is 0.357. The molecule has 0 spiro atoms. The van der Waals surface area contributed by atoms with Crippen LogP contribution in [-0.4, -0.2) is 24.9 Å². The van der Waals surface area contributed by atoms with E-state index in [1.54, 1.807) is 31.5 Å². The number of aromatic nitrogens is 2. The van der Waals surface area contributed by atoms with Gasteiger partial charge >= 0.3 is 0 Å². The Bertz CT molecular complexity index is 668. The van der Waals surface area contributed by atoms with Crippen LogP contribution in [0.25, 0.3) is 0 Å². The van der Waals surface area contributed by atoms with E-state index in [0.29, 0.717) is 17.3 Å². The van der Waals surface area contributed by atoms with Crippen LogP contribution in [-0.2, 0) is 16.6 Å². The Labute approximate surface area is 125 Å². The predicted octanol–water partition coefficient (Wildman–Crippen LogP) is 1.56. The molecule has 0 aliphatic carbocycles. The number of nitrogens with zero attached hydrogens (tertiary/aromatic N) is 1. The number of sulfonamides is 1. The Balaban J connectivity index is 2.23. The van der Waals surface area contributed by atoms with Crippen LogP contribution in [0.2, 0.25) is 0 Å². The van der Waals surface area contributed by atoms with Gasteiger partial charge in [-0.2, -0.15) is 0 Å². The van der Waals surface area contributed by atoms with Gasteiger partial charge in [0.1, 0.15) is 5.82 Å². The van der Waals surface area contributed by atoms with Gasteiger partial charge in [0, 0.05) is 18.9 Å². The third-order valence-corrected chi connectivity index (χ3v) is 4.73. The van der Waals surface area contributed by atoms with Crippen LogP contribution >= 0.6 is 0 Å². The minimum absolute atomic E-state index is 0.296. The lowest BCUT2D eigenvalue weighted by atomic mass is 10.2. The number of H-pyrrole nitrogens is 1. The molecule has 1 aromatic heterocycles. The van der Waals surface area contributed by atoms with E-state index in [0.717, 1.165) is 12.1 Å². The minimum atomic E-state index is -3.60. The number of hydrogen-bond donors (Lipinski definition) is 3. The maximum Gasteiger partial charge on any atom is 0.241 e. The van der Waals surface area contributed by atoms with E-state index in [1.807, 2.05) is 19.1 Å². The molecule has 0 saturated heterocycles. The van der Waals surface area contributed by atoms with E-state index < -0.39 is 16.1 Å². The largest absolute Gasteiger partial charge is 0.347 e. The minimum Gasteiger partial charge on any atom is -0.347 e. The van der Waals surface area contributed by atoms with Crippen molar-refractivity contribution < 1.29 is 8.42 Å². The summed E-state index contributed by atoms with van der Waals surface area (Å²) >= 11 is 0. The molecule has 0 amide bonds. The first-order valence-electron chi connectivity index (χ1n) is 6.85. The lowest BCUT2D eigenvalue weighted by Crippen LogP contribution is -2.29. The Morgan fingerprint density at radius 2 is 2.10 bits per heavy atom. The van der Waals surface area contributed by atoms with Crippen molar-refractivity contribution in [3.63, 3.8) is 0 Å². The van der Waals surface area contributed by atoms with Gasteiger partial charge in [0.15, 0.2) is 0 Å². The quantitative estimate of drug-likeness (QED) is 0.724. The topological polar surface area (TPSA) is 86.9 Å². The van der Waals surface area contributed by atoms with Crippen molar-refractivity contribution >= 4 is 10.0 Å². The first-order chi connectivity index (χ1) is 10.0. The summed E-state index contributed by atoms with van der Waals surface area (Å²) in [5, 5.41) is 3.15. The molecule has 1 heterocycles. The Morgan fingerprint density at radius 1 is 1.33 bits per heavy atom. The van der Waals surface area contributed by atoms with Gasteiger partial charge in [0.25, 0.3) is 0 Å². The summed E-state index contributed by atoms with van der Waals surface area (Å²) in [6.07, 6.45) is 3.26. The van der Waals surface area contributed by atoms with Gasteiger partial charge in [-0.1, -0.05) is 25.1 Å². The summed E-state index contributed by atoms with van der Waals surface area (Å²) in [5.74, 6) is 0.586. The molecule has 0 radical (unpaired) electrons. The second-order valence-corrected chi connectivity index (χ2v) is 6.39. The molecule has 1 unspecified atom stereocenters. The summed E-state index contributed by atoms with van der Waals surface area (Å²) in [4.78, 5) is 7.28. The maximum absolute atomic E-state index is 12.5. The molecule has 1 atom stereocenters. The zero-order valence-electron chi connectivity index (χ0n) is 12.1. The summed E-state index contributed by atoms with van der Waals surface area (Å²) in [6.45, 7) is 5.03. The molecule has 0 aliphatic rings. The number of hydrogen-bond acceptors (Lipinski definition) is 4. The molecule has 0 saturated carbocycles. The fourth-order valence-electron chi connectivity index (χ4n) is 2.04. The molecule has 1 aromatic carbocycles. The van der Waals surface area contributed by atoms with Gasteiger partial charge in [-0.05, 0) is 25.1 Å². The Morgan fingerprint density at radius 3 is 2.76 bits per heavy atom. The maximum atomic E-state index is 12.5. The van der Waals surface area contributed by atoms with Gasteiger partial charge in [0.05, 0.1) is 10.9 Å². The smallest absolute Gasteiger partial charge is 0.241 e. The van der Waals surface area contributed by atoms with Crippen molar-refractivity contribution in [2.75, 3.05) is 6.54 Å². The zero-order chi connectivity index (χ0) is 15.3. The number of nitrogens with one attached hydrogen (secondary N) is 3. The van der Waals surface area contributed by atoms with Crippen molar-refractivity contribution in [3.8, 4) is 0 Å². The highest BCUT2D eigenvalue weighted by Gasteiger charge is 2.21. The standard InChI is InChI=1S/C14H20N4O2S/c1-3-15-10-12-6-4-5-7-13(12)21(19,20)18-11(2)14-16-8-9-17-14/h4-9,11,15,18H,3,10H2,1-2H3,(H,16,17). The number of benzene rings is 1. The van der Waals surface area contributed by atoms with E-state index in [-0.39, 0.29) is 0 Å². The van der Waals surface area contributed by atoms with Gasteiger partial charge in [-0.3, -0.25) is 0 Å². The van der Waals surface area contributed by atoms with E-state index in [2.05, 4.69) is 20.0 Å². The second-order valence-electron chi connectivity index (χ2n) is 4.71. The normalized spacial score (nSPS) is 13.2. The van der Waals surface area contributed by atoms with Gasteiger partial charge in [0.2, 0.25) is 10.0 Å². The molecule has 114 valence electrons. The third kappa shape index (κ3) is 3.90. The summed E-state index contributed by atoms with van der Waals surface area (Å²) in [5.41, 5.74) is 0.749. The highest BCUT2D eigenvalue weighted by molar-refractivity contribution is 7.89. The van der Waals surface area contributed by atoms with E-state index in [9.17, 15) is 8.42 Å². The van der Waals surface area contributed by atoms with Gasteiger partial charge in [-0.25, -0.2) is 18.1 Å². The number of rotatable bonds is 7. The summed E-state index contributed by atoms with van der Waals surface area (Å²) in [7, 11) is -3.60. The highest BCUT2D eigenvalue weighted by atomic mass is 32.2. The molecule has 6 nitrogen and oxygen atoms in total. The molecule has 7 heteroatoms. The first-order valence-corrected chi connectivity index (χ1v) is 8.33. The van der Waals surface area contributed by atoms with Crippen LogP contribution in [0.4, 0.5) is 0 Å². The molecule has 0 bridgehead atoms. The predicted molar refractivity (Wildman–Crippen MR) is 81.1 cm³/mol. The lowest BCUT2D eigenvalue weighted by molar-refractivity contribution is 0.559. The fourth-order valence-corrected chi connectivity index (χ4v) is 3.49. The average Bonchev–Trinajstić information content (AvgIpc) is 2.99. The molecule has 21 heavy (non-hydrogen) atoms. The van der Waals surface area contributed by atoms with Crippen LogP contribution < -0.4 is 10.0 Å².